The number of halogens is 1. The van der Waals surface area contributed by atoms with Crippen LogP contribution in [-0.2, 0) is 0 Å². The molecule has 0 unspecified atom stereocenters. The van der Waals surface area contributed by atoms with Gasteiger partial charge >= 0.3 is 5.97 Å². The highest BCUT2D eigenvalue weighted by molar-refractivity contribution is 14.1. The Kier molecular flexibility index (Phi) is 4.26. The minimum absolute atomic E-state index is 0.0966. The normalized spacial score (nSPS) is 10.0. The Morgan fingerprint density at radius 1 is 1.11 bits per heavy atom. The molecule has 1 N–H and O–H groups in total. The quantitative estimate of drug-likeness (QED) is 0.833. The standard InChI is InChI=1S/C14H11IO4/c1-18-11-6-7-12(14(16)17)13(8-11)19-10-4-2-9(15)3-5-10/h2-8H,1H3,(H,16,17). The van der Waals surface area contributed by atoms with Gasteiger partial charge in [0.25, 0.3) is 0 Å². The van der Waals surface area contributed by atoms with Crippen molar-refractivity contribution >= 4 is 28.6 Å². The van der Waals surface area contributed by atoms with E-state index >= 15 is 0 Å². The summed E-state index contributed by atoms with van der Waals surface area (Å²) in [6.45, 7) is 0. The molecule has 2 aromatic rings. The second-order valence-electron chi connectivity index (χ2n) is 3.72. The van der Waals surface area contributed by atoms with E-state index in [4.69, 9.17) is 14.6 Å². The molecule has 0 aliphatic carbocycles. The lowest BCUT2D eigenvalue weighted by molar-refractivity contribution is 0.0694. The lowest BCUT2D eigenvalue weighted by Crippen LogP contribution is -2.00. The maximum Gasteiger partial charge on any atom is 0.339 e. The van der Waals surface area contributed by atoms with Crippen molar-refractivity contribution in [2.24, 2.45) is 0 Å². The summed E-state index contributed by atoms with van der Waals surface area (Å²) in [7, 11) is 1.52. The van der Waals surface area contributed by atoms with Crippen LogP contribution in [0.5, 0.6) is 17.2 Å². The van der Waals surface area contributed by atoms with E-state index in [9.17, 15) is 4.79 Å². The Labute approximate surface area is 124 Å². The van der Waals surface area contributed by atoms with Gasteiger partial charge in [-0.3, -0.25) is 0 Å². The molecule has 2 rings (SSSR count). The van der Waals surface area contributed by atoms with Crippen LogP contribution in [0.4, 0.5) is 0 Å². The first-order chi connectivity index (χ1) is 9.10. The lowest BCUT2D eigenvalue weighted by Gasteiger charge is -2.10. The van der Waals surface area contributed by atoms with Crippen molar-refractivity contribution in [1.82, 2.24) is 0 Å². The molecule has 0 saturated carbocycles. The van der Waals surface area contributed by atoms with Crippen LogP contribution in [0.25, 0.3) is 0 Å². The van der Waals surface area contributed by atoms with Gasteiger partial charge in [-0.25, -0.2) is 4.79 Å². The third kappa shape index (κ3) is 3.37. The fraction of sp³-hybridized carbons (Fsp3) is 0.0714. The number of hydrogen-bond donors (Lipinski definition) is 1. The summed E-state index contributed by atoms with van der Waals surface area (Å²) in [6.07, 6.45) is 0. The molecule has 0 radical (unpaired) electrons. The van der Waals surface area contributed by atoms with Crippen LogP contribution >= 0.6 is 22.6 Å². The molecule has 5 heteroatoms. The largest absolute Gasteiger partial charge is 0.497 e. The number of ether oxygens (including phenoxy) is 2. The number of carbonyl (C=O) groups is 1. The molecule has 19 heavy (non-hydrogen) atoms. The van der Waals surface area contributed by atoms with Crippen LogP contribution < -0.4 is 9.47 Å². The summed E-state index contributed by atoms with van der Waals surface area (Å²) < 4.78 is 11.8. The SMILES string of the molecule is COc1ccc(C(=O)O)c(Oc2ccc(I)cc2)c1. The maximum atomic E-state index is 11.1. The second kappa shape index (κ2) is 5.92. The molecular formula is C14H11IO4. The van der Waals surface area contributed by atoms with Gasteiger partial charge in [-0.1, -0.05) is 0 Å². The molecule has 0 amide bonds. The van der Waals surface area contributed by atoms with Crippen molar-refractivity contribution in [2.45, 2.75) is 0 Å². The predicted molar refractivity (Wildman–Crippen MR) is 79.2 cm³/mol. The molecular weight excluding hydrogens is 359 g/mol. The molecule has 0 bridgehead atoms. The smallest absolute Gasteiger partial charge is 0.339 e. The number of methoxy groups -OCH3 is 1. The minimum Gasteiger partial charge on any atom is -0.497 e. The number of benzene rings is 2. The molecule has 0 aromatic heterocycles. The Balaban J connectivity index is 2.36. The van der Waals surface area contributed by atoms with Gasteiger partial charge < -0.3 is 14.6 Å². The highest BCUT2D eigenvalue weighted by Gasteiger charge is 2.13. The van der Waals surface area contributed by atoms with Crippen LogP contribution in [0.2, 0.25) is 0 Å². The highest BCUT2D eigenvalue weighted by atomic mass is 127. The molecule has 4 nitrogen and oxygen atoms in total. The van der Waals surface area contributed by atoms with E-state index < -0.39 is 5.97 Å². The average Bonchev–Trinajstić information content (AvgIpc) is 2.41. The lowest BCUT2D eigenvalue weighted by atomic mass is 10.2. The monoisotopic (exact) mass is 370 g/mol. The third-order valence-electron chi connectivity index (χ3n) is 2.46. The van der Waals surface area contributed by atoms with Crippen LogP contribution in [0.1, 0.15) is 10.4 Å². The van der Waals surface area contributed by atoms with Crippen LogP contribution in [0.3, 0.4) is 0 Å². The zero-order valence-electron chi connectivity index (χ0n) is 10.1. The Bertz CT molecular complexity index is 593. The van der Waals surface area contributed by atoms with E-state index in [1.54, 1.807) is 24.3 Å². The summed E-state index contributed by atoms with van der Waals surface area (Å²) in [5.74, 6) is 0.345. The molecule has 0 aliphatic heterocycles. The van der Waals surface area contributed by atoms with Crippen molar-refractivity contribution in [2.75, 3.05) is 7.11 Å². The van der Waals surface area contributed by atoms with Gasteiger partial charge in [0, 0.05) is 9.64 Å². The van der Waals surface area contributed by atoms with Crippen LogP contribution in [-0.4, -0.2) is 18.2 Å². The van der Waals surface area contributed by atoms with Gasteiger partial charge in [0.1, 0.15) is 22.8 Å². The summed E-state index contributed by atoms with van der Waals surface area (Å²) in [5, 5.41) is 9.13. The molecule has 0 saturated heterocycles. The number of carboxylic acids is 1. The Morgan fingerprint density at radius 2 is 1.74 bits per heavy atom. The van der Waals surface area contributed by atoms with Crippen molar-refractivity contribution < 1.29 is 19.4 Å². The molecule has 2 aromatic carbocycles. The van der Waals surface area contributed by atoms with Crippen LogP contribution in [0.15, 0.2) is 42.5 Å². The number of carboxylic acid groups (broad SMARTS) is 1. The second-order valence-corrected chi connectivity index (χ2v) is 4.97. The topological polar surface area (TPSA) is 55.8 Å². The van der Waals surface area contributed by atoms with Crippen molar-refractivity contribution in [3.63, 3.8) is 0 Å². The summed E-state index contributed by atoms with van der Waals surface area (Å²) >= 11 is 2.19. The van der Waals surface area contributed by atoms with Gasteiger partial charge in [0.15, 0.2) is 0 Å². The summed E-state index contributed by atoms with van der Waals surface area (Å²) in [5.41, 5.74) is 0.0966. The molecule has 0 fully saturated rings. The number of hydrogen-bond acceptors (Lipinski definition) is 3. The zero-order valence-corrected chi connectivity index (χ0v) is 12.2. The van der Waals surface area contributed by atoms with E-state index in [0.717, 1.165) is 3.57 Å². The van der Waals surface area contributed by atoms with Crippen molar-refractivity contribution in [3.05, 3.63) is 51.6 Å². The maximum absolute atomic E-state index is 11.1. The first-order valence-electron chi connectivity index (χ1n) is 5.45. The van der Waals surface area contributed by atoms with E-state index in [1.807, 2.05) is 12.1 Å². The van der Waals surface area contributed by atoms with E-state index in [1.165, 1.54) is 13.2 Å². The van der Waals surface area contributed by atoms with Gasteiger partial charge in [-0.15, -0.1) is 0 Å². The average molecular weight is 370 g/mol. The summed E-state index contributed by atoms with van der Waals surface area (Å²) in [6, 6.07) is 11.9. The molecule has 0 spiro atoms. The summed E-state index contributed by atoms with van der Waals surface area (Å²) in [4.78, 5) is 11.1. The van der Waals surface area contributed by atoms with Crippen molar-refractivity contribution in [3.8, 4) is 17.2 Å². The number of rotatable bonds is 4. The first-order valence-corrected chi connectivity index (χ1v) is 6.53. The van der Waals surface area contributed by atoms with Gasteiger partial charge in [-0.2, -0.15) is 0 Å². The zero-order chi connectivity index (χ0) is 13.8. The molecule has 0 aliphatic rings. The number of aromatic carboxylic acids is 1. The highest BCUT2D eigenvalue weighted by Crippen LogP contribution is 2.29. The van der Waals surface area contributed by atoms with Crippen molar-refractivity contribution in [1.29, 1.82) is 0 Å². The fourth-order valence-corrected chi connectivity index (χ4v) is 1.88. The Hall–Kier alpha value is -1.76. The Morgan fingerprint density at radius 3 is 2.32 bits per heavy atom. The van der Waals surface area contributed by atoms with Gasteiger partial charge in [0.05, 0.1) is 7.11 Å². The molecule has 0 heterocycles. The minimum atomic E-state index is -1.04. The molecule has 98 valence electrons. The fourth-order valence-electron chi connectivity index (χ4n) is 1.52. The van der Waals surface area contributed by atoms with E-state index in [0.29, 0.717) is 11.5 Å². The molecule has 0 atom stereocenters. The van der Waals surface area contributed by atoms with E-state index in [-0.39, 0.29) is 11.3 Å². The van der Waals surface area contributed by atoms with Gasteiger partial charge in [-0.05, 0) is 59.0 Å². The predicted octanol–water partition coefficient (Wildman–Crippen LogP) is 3.79. The first kappa shape index (κ1) is 13.7. The third-order valence-corrected chi connectivity index (χ3v) is 3.18. The van der Waals surface area contributed by atoms with Gasteiger partial charge in [0.2, 0.25) is 0 Å². The van der Waals surface area contributed by atoms with E-state index in [2.05, 4.69) is 22.6 Å². The van der Waals surface area contributed by atoms with Crippen LogP contribution in [0, 0.1) is 3.57 Å².